The molecule has 5 nitrogen and oxygen atoms in total. The number of nitrogens with zero attached hydrogens (tertiary/aromatic N) is 1. The Hall–Kier alpha value is -2.04. The summed E-state index contributed by atoms with van der Waals surface area (Å²) in [6.07, 6.45) is 1.88. The summed E-state index contributed by atoms with van der Waals surface area (Å²) in [6.45, 7) is 4.70. The summed E-state index contributed by atoms with van der Waals surface area (Å²) in [5.74, 6) is -0.290. The molecular weight excluding hydrogens is 270 g/mol. The highest BCUT2D eigenvalue weighted by Gasteiger charge is 2.14. The number of rotatable bonds is 9. The Kier molecular flexibility index (Phi) is 7.29. The Morgan fingerprint density at radius 3 is 2.38 bits per heavy atom. The summed E-state index contributed by atoms with van der Waals surface area (Å²) in [4.78, 5) is 23.9. The van der Waals surface area contributed by atoms with Crippen LogP contribution in [0.5, 0.6) is 5.75 Å². The minimum Gasteiger partial charge on any atom is -0.494 e. The summed E-state index contributed by atoms with van der Waals surface area (Å²) >= 11 is 0. The minimum absolute atomic E-state index is 0.133. The Morgan fingerprint density at radius 2 is 1.86 bits per heavy atom. The molecule has 1 amide bonds. The topological polar surface area (TPSA) is 66.8 Å². The van der Waals surface area contributed by atoms with Crippen molar-refractivity contribution in [3.8, 4) is 5.75 Å². The largest absolute Gasteiger partial charge is 0.494 e. The van der Waals surface area contributed by atoms with Gasteiger partial charge in [-0.15, -0.1) is 0 Å². The van der Waals surface area contributed by atoms with Crippen LogP contribution in [0.15, 0.2) is 24.3 Å². The third-order valence-corrected chi connectivity index (χ3v) is 3.08. The summed E-state index contributed by atoms with van der Waals surface area (Å²) in [5.41, 5.74) is 1.04. The van der Waals surface area contributed by atoms with E-state index in [0.29, 0.717) is 26.0 Å². The zero-order valence-electron chi connectivity index (χ0n) is 12.7. The molecular formula is C16H23NO4. The van der Waals surface area contributed by atoms with Crippen molar-refractivity contribution < 1.29 is 19.4 Å². The summed E-state index contributed by atoms with van der Waals surface area (Å²) in [5, 5.41) is 8.74. The molecule has 0 atom stereocenters. The third kappa shape index (κ3) is 6.29. The van der Waals surface area contributed by atoms with Crippen LogP contribution in [0.4, 0.5) is 0 Å². The van der Waals surface area contributed by atoms with Crippen LogP contribution in [0, 0.1) is 0 Å². The minimum atomic E-state index is -0.984. The summed E-state index contributed by atoms with van der Waals surface area (Å²) < 4.78 is 5.49. The van der Waals surface area contributed by atoms with Gasteiger partial charge in [-0.25, -0.2) is 0 Å². The summed E-state index contributed by atoms with van der Waals surface area (Å²) in [7, 11) is 0. The van der Waals surface area contributed by atoms with Crippen molar-refractivity contribution in [1.29, 1.82) is 0 Å². The Bertz CT molecular complexity index is 456. The molecule has 0 heterocycles. The highest BCUT2D eigenvalue weighted by atomic mass is 16.5. The first-order valence-electron chi connectivity index (χ1n) is 7.28. The fourth-order valence-corrected chi connectivity index (χ4v) is 1.92. The van der Waals surface area contributed by atoms with Crippen molar-refractivity contribution in [1.82, 2.24) is 4.90 Å². The molecule has 116 valence electrons. The average molecular weight is 293 g/mol. The number of carbonyl (C=O) groups excluding carboxylic acids is 1. The van der Waals surface area contributed by atoms with E-state index in [2.05, 4.69) is 6.92 Å². The number of benzene rings is 1. The van der Waals surface area contributed by atoms with Crippen LogP contribution in [0.1, 0.15) is 32.3 Å². The fourth-order valence-electron chi connectivity index (χ4n) is 1.92. The smallest absolute Gasteiger partial charge is 0.323 e. The molecule has 0 bridgehead atoms. The zero-order valence-corrected chi connectivity index (χ0v) is 12.7. The zero-order chi connectivity index (χ0) is 15.7. The lowest BCUT2D eigenvalue weighted by molar-refractivity contribution is -0.144. The molecule has 5 heteroatoms. The van der Waals surface area contributed by atoms with Crippen LogP contribution in [-0.2, 0) is 16.0 Å². The van der Waals surface area contributed by atoms with Gasteiger partial charge in [0.05, 0.1) is 6.61 Å². The molecule has 0 aromatic heterocycles. The number of carboxylic acids is 1. The van der Waals surface area contributed by atoms with Gasteiger partial charge in [0.2, 0.25) is 5.91 Å². The van der Waals surface area contributed by atoms with Gasteiger partial charge in [0.25, 0.3) is 0 Å². The number of likely N-dealkylation sites (N-methyl/N-ethyl adjacent to an activating group) is 1. The van der Waals surface area contributed by atoms with E-state index in [4.69, 9.17) is 9.84 Å². The van der Waals surface area contributed by atoms with Crippen LogP contribution >= 0.6 is 0 Å². The molecule has 0 radical (unpaired) electrons. The first kappa shape index (κ1) is 17.0. The third-order valence-electron chi connectivity index (χ3n) is 3.08. The quantitative estimate of drug-likeness (QED) is 0.759. The van der Waals surface area contributed by atoms with Gasteiger partial charge in [0.15, 0.2) is 0 Å². The van der Waals surface area contributed by atoms with Crippen LogP contribution in [0.3, 0.4) is 0 Å². The molecule has 0 aliphatic carbocycles. The van der Waals surface area contributed by atoms with Gasteiger partial charge in [-0.05, 0) is 37.5 Å². The number of carbonyl (C=O) groups is 2. The number of amides is 1. The van der Waals surface area contributed by atoms with Crippen LogP contribution in [0.2, 0.25) is 0 Å². The molecule has 0 fully saturated rings. The highest BCUT2D eigenvalue weighted by Crippen LogP contribution is 2.14. The molecule has 0 unspecified atom stereocenters. The molecule has 1 rings (SSSR count). The van der Waals surface area contributed by atoms with Crippen LogP contribution in [0.25, 0.3) is 0 Å². The molecule has 1 aromatic rings. The van der Waals surface area contributed by atoms with E-state index >= 15 is 0 Å². The van der Waals surface area contributed by atoms with Gasteiger partial charge in [0, 0.05) is 13.0 Å². The van der Waals surface area contributed by atoms with Gasteiger partial charge in [-0.3, -0.25) is 9.59 Å². The molecule has 1 N–H and O–H groups in total. The molecule has 0 spiro atoms. The van der Waals surface area contributed by atoms with Crippen molar-refractivity contribution in [3.63, 3.8) is 0 Å². The van der Waals surface area contributed by atoms with Gasteiger partial charge in [-0.2, -0.15) is 0 Å². The lowest BCUT2D eigenvalue weighted by Gasteiger charge is -2.18. The second kappa shape index (κ2) is 9.00. The molecule has 0 saturated heterocycles. The normalized spacial score (nSPS) is 10.2. The molecule has 21 heavy (non-hydrogen) atoms. The van der Waals surface area contributed by atoms with Crippen molar-refractivity contribution in [2.75, 3.05) is 19.7 Å². The van der Waals surface area contributed by atoms with E-state index in [9.17, 15) is 9.59 Å². The van der Waals surface area contributed by atoms with E-state index in [0.717, 1.165) is 17.7 Å². The van der Waals surface area contributed by atoms with E-state index in [1.54, 1.807) is 6.92 Å². The maximum atomic E-state index is 11.9. The van der Waals surface area contributed by atoms with Crippen LogP contribution < -0.4 is 4.74 Å². The molecule has 1 aromatic carbocycles. The summed E-state index contributed by atoms with van der Waals surface area (Å²) in [6, 6.07) is 7.66. The molecule has 0 aliphatic rings. The van der Waals surface area contributed by atoms with Crippen molar-refractivity contribution >= 4 is 11.9 Å². The van der Waals surface area contributed by atoms with Gasteiger partial charge < -0.3 is 14.7 Å². The predicted molar refractivity (Wildman–Crippen MR) is 80.4 cm³/mol. The average Bonchev–Trinajstić information content (AvgIpc) is 2.49. The Balaban J connectivity index is 2.46. The van der Waals surface area contributed by atoms with Crippen molar-refractivity contribution in [2.45, 2.75) is 33.1 Å². The predicted octanol–water partition coefficient (Wildman–Crippen LogP) is 2.34. The molecule has 0 saturated carbocycles. The van der Waals surface area contributed by atoms with Crippen molar-refractivity contribution in [2.24, 2.45) is 0 Å². The second-order valence-corrected chi connectivity index (χ2v) is 4.79. The monoisotopic (exact) mass is 293 g/mol. The number of hydrogen-bond acceptors (Lipinski definition) is 3. The SMILES string of the molecule is CCCOc1ccc(CCC(=O)N(CC)CC(=O)O)cc1. The van der Waals surface area contributed by atoms with E-state index in [-0.39, 0.29) is 12.5 Å². The van der Waals surface area contributed by atoms with E-state index < -0.39 is 5.97 Å². The second-order valence-electron chi connectivity index (χ2n) is 4.79. The number of aliphatic carboxylic acids is 1. The number of carboxylic acid groups (broad SMARTS) is 1. The lowest BCUT2D eigenvalue weighted by Crippen LogP contribution is -2.35. The lowest BCUT2D eigenvalue weighted by atomic mass is 10.1. The first-order valence-corrected chi connectivity index (χ1v) is 7.28. The maximum absolute atomic E-state index is 11.9. The van der Waals surface area contributed by atoms with E-state index in [1.807, 2.05) is 24.3 Å². The van der Waals surface area contributed by atoms with Crippen molar-refractivity contribution in [3.05, 3.63) is 29.8 Å². The standard InChI is InChI=1S/C16H23NO4/c1-3-11-21-14-8-5-13(6-9-14)7-10-15(18)17(4-2)12-16(19)20/h5-6,8-9H,3-4,7,10-12H2,1-2H3,(H,19,20). The molecule has 0 aliphatic heterocycles. The highest BCUT2D eigenvalue weighted by molar-refractivity contribution is 5.81. The Morgan fingerprint density at radius 1 is 1.19 bits per heavy atom. The Labute approximate surface area is 125 Å². The number of aryl methyl sites for hydroxylation is 1. The maximum Gasteiger partial charge on any atom is 0.323 e. The van der Waals surface area contributed by atoms with E-state index in [1.165, 1.54) is 4.90 Å². The number of hydrogen-bond donors (Lipinski definition) is 1. The van der Waals surface area contributed by atoms with Gasteiger partial charge >= 0.3 is 5.97 Å². The van der Waals surface area contributed by atoms with Crippen LogP contribution in [-0.4, -0.2) is 41.6 Å². The van der Waals surface area contributed by atoms with Gasteiger partial charge in [0.1, 0.15) is 12.3 Å². The van der Waals surface area contributed by atoms with Gasteiger partial charge in [-0.1, -0.05) is 19.1 Å². The first-order chi connectivity index (χ1) is 10.1. The fraction of sp³-hybridized carbons (Fsp3) is 0.500. The number of ether oxygens (including phenoxy) is 1.